The monoisotopic (exact) mass is 469 g/mol. The van der Waals surface area contributed by atoms with Gasteiger partial charge in [-0.1, -0.05) is 0 Å². The molecular formula is C24H27N3O5S. The van der Waals surface area contributed by atoms with Crippen LogP contribution >= 0.6 is 12.2 Å². The predicted molar refractivity (Wildman–Crippen MR) is 129 cm³/mol. The number of anilines is 1. The molecule has 0 radical (unpaired) electrons. The first-order valence-electron chi connectivity index (χ1n) is 11.0. The summed E-state index contributed by atoms with van der Waals surface area (Å²) < 4.78 is 18.2. The number of carbonyl (C=O) groups excluding carboxylic acids is 1. The molecule has 2 heterocycles. The summed E-state index contributed by atoms with van der Waals surface area (Å²) in [4.78, 5) is 28.6. The van der Waals surface area contributed by atoms with Crippen LogP contribution in [0.3, 0.4) is 0 Å². The number of benzene rings is 2. The highest BCUT2D eigenvalue weighted by Gasteiger charge is 2.16. The molecule has 1 aliphatic heterocycles. The SMILES string of the molecule is COCCCn1c(=S)[nH]c2cc(C(=O)Nc3ccc(OCC4CCCO4)cc3)ccc2c1=O. The van der Waals surface area contributed by atoms with Gasteiger partial charge in [0.05, 0.1) is 17.0 Å². The third kappa shape index (κ3) is 5.68. The average molecular weight is 470 g/mol. The summed E-state index contributed by atoms with van der Waals surface area (Å²) in [5, 5.41) is 3.34. The summed E-state index contributed by atoms with van der Waals surface area (Å²) in [5.41, 5.74) is 1.41. The van der Waals surface area contributed by atoms with Crippen LogP contribution in [0.4, 0.5) is 5.69 Å². The molecule has 3 aromatic rings. The maximum Gasteiger partial charge on any atom is 0.262 e. The number of ether oxygens (including phenoxy) is 3. The van der Waals surface area contributed by atoms with Crippen LogP contribution in [-0.2, 0) is 16.0 Å². The van der Waals surface area contributed by atoms with Crippen molar-refractivity contribution in [2.24, 2.45) is 0 Å². The van der Waals surface area contributed by atoms with E-state index in [1.165, 1.54) is 4.57 Å². The van der Waals surface area contributed by atoms with E-state index in [2.05, 4.69) is 10.3 Å². The van der Waals surface area contributed by atoms with E-state index in [9.17, 15) is 9.59 Å². The number of methoxy groups -OCH3 is 1. The molecule has 1 aliphatic rings. The molecule has 1 amide bonds. The topological polar surface area (TPSA) is 94.6 Å². The van der Waals surface area contributed by atoms with Crippen molar-refractivity contribution >= 4 is 34.7 Å². The Morgan fingerprint density at radius 3 is 2.82 bits per heavy atom. The van der Waals surface area contributed by atoms with Gasteiger partial charge in [0.2, 0.25) is 0 Å². The number of carbonyl (C=O) groups is 1. The van der Waals surface area contributed by atoms with Gasteiger partial charge in [0.25, 0.3) is 11.5 Å². The summed E-state index contributed by atoms with van der Waals surface area (Å²) in [6, 6.07) is 12.1. The minimum absolute atomic E-state index is 0.152. The fraction of sp³-hybridized carbons (Fsp3) is 0.375. The predicted octanol–water partition coefficient (Wildman–Crippen LogP) is 3.91. The molecule has 33 heavy (non-hydrogen) atoms. The van der Waals surface area contributed by atoms with Gasteiger partial charge < -0.3 is 24.5 Å². The van der Waals surface area contributed by atoms with E-state index in [-0.39, 0.29) is 17.6 Å². The molecule has 0 saturated carbocycles. The number of H-pyrrole nitrogens is 1. The van der Waals surface area contributed by atoms with Crippen molar-refractivity contribution in [1.29, 1.82) is 0 Å². The quantitative estimate of drug-likeness (QED) is 0.365. The molecule has 0 bridgehead atoms. The second-order valence-electron chi connectivity index (χ2n) is 7.92. The Morgan fingerprint density at radius 1 is 1.27 bits per heavy atom. The summed E-state index contributed by atoms with van der Waals surface area (Å²) in [6.07, 6.45) is 2.92. The van der Waals surface area contributed by atoms with Gasteiger partial charge in [0.15, 0.2) is 4.77 Å². The summed E-state index contributed by atoms with van der Waals surface area (Å²) in [7, 11) is 1.62. The number of hydrogen-bond acceptors (Lipinski definition) is 6. The van der Waals surface area contributed by atoms with Crippen molar-refractivity contribution in [3.63, 3.8) is 0 Å². The standard InChI is InChI=1S/C24H27N3O5S/c1-30-12-3-11-27-23(29)20-10-5-16(14-21(20)26-24(27)33)22(28)25-17-6-8-18(9-7-17)32-15-19-4-2-13-31-19/h5-10,14,19H,2-4,11-13,15H2,1H3,(H,25,28)(H,26,33). The van der Waals surface area contributed by atoms with Gasteiger partial charge in [0.1, 0.15) is 12.4 Å². The number of aromatic nitrogens is 2. The minimum Gasteiger partial charge on any atom is -0.491 e. The largest absolute Gasteiger partial charge is 0.491 e. The van der Waals surface area contributed by atoms with Crippen LogP contribution in [0.15, 0.2) is 47.3 Å². The van der Waals surface area contributed by atoms with E-state index in [1.54, 1.807) is 37.4 Å². The fourth-order valence-corrected chi connectivity index (χ4v) is 4.05. The average Bonchev–Trinajstić information content (AvgIpc) is 3.34. The third-order valence-electron chi connectivity index (χ3n) is 5.55. The van der Waals surface area contributed by atoms with Crippen molar-refractivity contribution < 1.29 is 19.0 Å². The Labute approximate surface area is 196 Å². The summed E-state index contributed by atoms with van der Waals surface area (Å²) in [5.74, 6) is 0.442. The van der Waals surface area contributed by atoms with Crippen molar-refractivity contribution in [3.05, 3.63) is 63.2 Å². The van der Waals surface area contributed by atoms with Crippen LogP contribution in [0, 0.1) is 4.77 Å². The van der Waals surface area contributed by atoms with Crippen molar-refractivity contribution in [3.8, 4) is 5.75 Å². The van der Waals surface area contributed by atoms with Crippen LogP contribution in [0.2, 0.25) is 0 Å². The molecule has 1 aromatic heterocycles. The van der Waals surface area contributed by atoms with Crippen molar-refractivity contribution in [1.82, 2.24) is 9.55 Å². The normalized spacial score (nSPS) is 15.6. The third-order valence-corrected chi connectivity index (χ3v) is 5.87. The number of aromatic amines is 1. The molecule has 0 aliphatic carbocycles. The molecule has 4 rings (SSSR count). The number of nitrogens with zero attached hydrogens (tertiary/aromatic N) is 1. The van der Waals surface area contributed by atoms with Crippen molar-refractivity contribution in [2.75, 3.05) is 32.2 Å². The lowest BCUT2D eigenvalue weighted by Crippen LogP contribution is -2.23. The van der Waals surface area contributed by atoms with E-state index >= 15 is 0 Å². The molecule has 0 spiro atoms. The molecule has 174 valence electrons. The van der Waals surface area contributed by atoms with E-state index in [4.69, 9.17) is 26.4 Å². The molecule has 1 fully saturated rings. The Hall–Kier alpha value is -3.01. The Kier molecular flexibility index (Phi) is 7.54. The number of rotatable bonds is 9. The molecule has 1 unspecified atom stereocenters. The van der Waals surface area contributed by atoms with Crippen LogP contribution in [0.1, 0.15) is 29.6 Å². The van der Waals surface area contributed by atoms with Crippen LogP contribution < -0.4 is 15.6 Å². The Bertz CT molecular complexity index is 1230. The van der Waals surface area contributed by atoms with Gasteiger partial charge >= 0.3 is 0 Å². The fourth-order valence-electron chi connectivity index (χ4n) is 3.77. The molecule has 1 saturated heterocycles. The molecule has 9 heteroatoms. The summed E-state index contributed by atoms with van der Waals surface area (Å²) in [6.45, 7) is 2.33. The van der Waals surface area contributed by atoms with E-state index in [0.717, 1.165) is 25.2 Å². The van der Waals surface area contributed by atoms with Gasteiger partial charge in [-0.05, 0) is 73.9 Å². The second-order valence-corrected chi connectivity index (χ2v) is 8.30. The lowest BCUT2D eigenvalue weighted by molar-refractivity contribution is 0.0679. The lowest BCUT2D eigenvalue weighted by Gasteiger charge is -2.12. The Balaban J connectivity index is 1.43. The number of fused-ring (bicyclic) bond motifs is 1. The van der Waals surface area contributed by atoms with E-state index in [1.807, 2.05) is 12.1 Å². The van der Waals surface area contributed by atoms with Crippen LogP contribution in [0.5, 0.6) is 5.75 Å². The molecule has 1 atom stereocenters. The highest BCUT2D eigenvalue weighted by molar-refractivity contribution is 7.71. The number of nitrogens with one attached hydrogen (secondary N) is 2. The molecule has 8 nitrogen and oxygen atoms in total. The summed E-state index contributed by atoms with van der Waals surface area (Å²) >= 11 is 5.35. The van der Waals surface area contributed by atoms with E-state index in [0.29, 0.717) is 53.1 Å². The number of amides is 1. The Morgan fingerprint density at radius 2 is 2.09 bits per heavy atom. The first kappa shape index (κ1) is 23.2. The van der Waals surface area contributed by atoms with Gasteiger partial charge in [-0.25, -0.2) is 0 Å². The first-order chi connectivity index (χ1) is 16.0. The van der Waals surface area contributed by atoms with Gasteiger partial charge in [-0.3, -0.25) is 14.2 Å². The lowest BCUT2D eigenvalue weighted by atomic mass is 10.1. The highest BCUT2D eigenvalue weighted by Crippen LogP contribution is 2.19. The molecule has 2 aromatic carbocycles. The molecule has 2 N–H and O–H groups in total. The van der Waals surface area contributed by atoms with Crippen LogP contribution in [-0.4, -0.2) is 48.5 Å². The zero-order valence-corrected chi connectivity index (χ0v) is 19.3. The minimum atomic E-state index is -0.284. The van der Waals surface area contributed by atoms with Gasteiger partial charge in [-0.2, -0.15) is 0 Å². The first-order valence-corrected chi connectivity index (χ1v) is 11.4. The van der Waals surface area contributed by atoms with Gasteiger partial charge in [-0.15, -0.1) is 0 Å². The number of hydrogen-bond donors (Lipinski definition) is 2. The highest BCUT2D eigenvalue weighted by atomic mass is 32.1. The smallest absolute Gasteiger partial charge is 0.262 e. The maximum absolute atomic E-state index is 12.8. The zero-order valence-electron chi connectivity index (χ0n) is 18.5. The van der Waals surface area contributed by atoms with E-state index < -0.39 is 0 Å². The van der Waals surface area contributed by atoms with Crippen molar-refractivity contribution in [2.45, 2.75) is 31.9 Å². The van der Waals surface area contributed by atoms with Gasteiger partial charge in [0, 0.05) is 38.1 Å². The molecular weight excluding hydrogens is 442 g/mol. The maximum atomic E-state index is 12.8. The van der Waals surface area contributed by atoms with Crippen LogP contribution in [0.25, 0.3) is 10.9 Å². The zero-order chi connectivity index (χ0) is 23.2. The second kappa shape index (κ2) is 10.7.